The number of aromatic nitrogens is 5. The Morgan fingerprint density at radius 2 is 1.83 bits per heavy atom. The van der Waals surface area contributed by atoms with Crippen LogP contribution >= 0.6 is 0 Å². The van der Waals surface area contributed by atoms with Crippen LogP contribution in [0.25, 0.3) is 5.52 Å². The number of anilines is 3. The fraction of sp³-hybridized carbons (Fsp3) is 0.393. The minimum absolute atomic E-state index is 0.283. The molecular formula is C28H36N8. The number of rotatable bonds is 8. The number of benzene rings is 1. The van der Waals surface area contributed by atoms with E-state index in [1.807, 2.05) is 35.8 Å². The minimum atomic E-state index is 0.283. The molecule has 0 aliphatic carbocycles. The summed E-state index contributed by atoms with van der Waals surface area (Å²) in [6, 6.07) is 15.0. The van der Waals surface area contributed by atoms with E-state index >= 15 is 0 Å². The van der Waals surface area contributed by atoms with Crippen molar-refractivity contribution in [3.8, 4) is 0 Å². The molecule has 1 atom stereocenters. The standard InChI is InChI=1S/C28H36N8/c1-19(2)17-23-8-10-24(11-9-23)21(4)22(5)34-13-15-35(16-14-34)28-30-27(25-7-6-12-36(25)33-28)29-26-18-20(3)31-32-26/h6-12,18-19,21H,5,13-17H2,1-4H3,(H2,29,30,31,32,33). The van der Waals surface area contributed by atoms with Crippen molar-refractivity contribution in [2.24, 2.45) is 5.92 Å². The van der Waals surface area contributed by atoms with Gasteiger partial charge >= 0.3 is 0 Å². The second kappa shape index (κ2) is 10.0. The molecule has 1 aromatic carbocycles. The zero-order chi connectivity index (χ0) is 25.2. The van der Waals surface area contributed by atoms with Crippen molar-refractivity contribution in [1.29, 1.82) is 0 Å². The van der Waals surface area contributed by atoms with Gasteiger partial charge in [-0.1, -0.05) is 51.6 Å². The van der Waals surface area contributed by atoms with Gasteiger partial charge in [0.25, 0.3) is 0 Å². The summed E-state index contributed by atoms with van der Waals surface area (Å²) in [4.78, 5) is 9.52. The summed E-state index contributed by atoms with van der Waals surface area (Å²) < 4.78 is 1.88. The fourth-order valence-corrected chi connectivity index (χ4v) is 4.83. The van der Waals surface area contributed by atoms with Crippen LogP contribution in [-0.4, -0.2) is 55.9 Å². The first kappa shape index (κ1) is 23.9. The highest BCUT2D eigenvalue weighted by atomic mass is 15.4. The molecule has 36 heavy (non-hydrogen) atoms. The molecule has 1 saturated heterocycles. The summed E-state index contributed by atoms with van der Waals surface area (Å²) >= 11 is 0. The van der Waals surface area contributed by atoms with Crippen molar-refractivity contribution >= 4 is 23.1 Å². The first-order chi connectivity index (χ1) is 17.4. The number of aryl methyl sites for hydroxylation is 1. The van der Waals surface area contributed by atoms with E-state index in [0.717, 1.165) is 55.4 Å². The monoisotopic (exact) mass is 484 g/mol. The lowest BCUT2D eigenvalue weighted by molar-refractivity contribution is 0.304. The second-order valence-electron chi connectivity index (χ2n) is 10.2. The van der Waals surface area contributed by atoms with E-state index in [9.17, 15) is 0 Å². The van der Waals surface area contributed by atoms with Crippen molar-refractivity contribution in [2.75, 3.05) is 36.4 Å². The molecule has 1 fully saturated rings. The number of fused-ring (bicyclic) bond motifs is 1. The number of nitrogens with zero attached hydrogens (tertiary/aromatic N) is 6. The molecular weight excluding hydrogens is 448 g/mol. The van der Waals surface area contributed by atoms with Gasteiger partial charge in [-0.3, -0.25) is 5.10 Å². The van der Waals surface area contributed by atoms with Crippen LogP contribution in [-0.2, 0) is 6.42 Å². The van der Waals surface area contributed by atoms with E-state index < -0.39 is 0 Å². The number of hydrogen-bond donors (Lipinski definition) is 2. The van der Waals surface area contributed by atoms with E-state index in [-0.39, 0.29) is 5.92 Å². The largest absolute Gasteiger partial charge is 0.371 e. The minimum Gasteiger partial charge on any atom is -0.371 e. The summed E-state index contributed by atoms with van der Waals surface area (Å²) in [6.45, 7) is 16.7. The lowest BCUT2D eigenvalue weighted by Crippen LogP contribution is -2.47. The molecule has 4 aromatic rings. The quantitative estimate of drug-likeness (QED) is 0.361. The molecule has 1 aliphatic rings. The van der Waals surface area contributed by atoms with Crippen LogP contribution in [0.2, 0.25) is 0 Å². The van der Waals surface area contributed by atoms with Crippen LogP contribution in [0.5, 0.6) is 0 Å². The van der Waals surface area contributed by atoms with Gasteiger partial charge in [0.05, 0.1) is 0 Å². The maximum Gasteiger partial charge on any atom is 0.245 e. The van der Waals surface area contributed by atoms with Gasteiger partial charge in [-0.15, -0.1) is 5.10 Å². The molecule has 5 rings (SSSR count). The Morgan fingerprint density at radius 3 is 2.50 bits per heavy atom. The first-order valence-electron chi connectivity index (χ1n) is 12.8. The molecule has 1 unspecified atom stereocenters. The van der Waals surface area contributed by atoms with Crippen molar-refractivity contribution in [1.82, 2.24) is 29.7 Å². The number of aromatic amines is 1. The normalized spacial score (nSPS) is 15.0. The number of hydrogen-bond acceptors (Lipinski definition) is 6. The van der Waals surface area contributed by atoms with Gasteiger partial charge in [0.1, 0.15) is 5.52 Å². The lowest BCUT2D eigenvalue weighted by atomic mass is 9.94. The van der Waals surface area contributed by atoms with Crippen LogP contribution in [0, 0.1) is 12.8 Å². The highest BCUT2D eigenvalue weighted by molar-refractivity contribution is 5.73. The Kier molecular flexibility index (Phi) is 6.67. The van der Waals surface area contributed by atoms with Gasteiger partial charge in [-0.25, -0.2) is 4.52 Å². The number of nitrogens with one attached hydrogen (secondary N) is 2. The Morgan fingerprint density at radius 1 is 1.08 bits per heavy atom. The highest BCUT2D eigenvalue weighted by Gasteiger charge is 2.24. The van der Waals surface area contributed by atoms with E-state index in [2.05, 4.69) is 76.9 Å². The van der Waals surface area contributed by atoms with Crippen LogP contribution in [0.15, 0.2) is 60.9 Å². The number of piperazine rings is 1. The first-order valence-corrected chi connectivity index (χ1v) is 12.8. The van der Waals surface area contributed by atoms with Gasteiger partial charge in [-0.05, 0) is 42.5 Å². The summed E-state index contributed by atoms with van der Waals surface area (Å²) in [7, 11) is 0. The molecule has 0 amide bonds. The Balaban J connectivity index is 1.25. The van der Waals surface area contributed by atoms with Gasteiger partial charge in [0.15, 0.2) is 11.6 Å². The molecule has 0 saturated carbocycles. The van der Waals surface area contributed by atoms with Crippen molar-refractivity contribution in [3.63, 3.8) is 0 Å². The zero-order valence-electron chi connectivity index (χ0n) is 21.7. The molecule has 3 aromatic heterocycles. The molecule has 0 radical (unpaired) electrons. The number of allylic oxidation sites excluding steroid dienone is 1. The van der Waals surface area contributed by atoms with E-state index in [4.69, 9.17) is 10.1 Å². The van der Waals surface area contributed by atoms with Crippen LogP contribution in [0.4, 0.5) is 17.6 Å². The van der Waals surface area contributed by atoms with Crippen LogP contribution in [0.3, 0.4) is 0 Å². The average Bonchev–Trinajstić information content (AvgIpc) is 3.52. The van der Waals surface area contributed by atoms with Gasteiger partial charge in [-0.2, -0.15) is 10.1 Å². The Hall–Kier alpha value is -3.81. The lowest BCUT2D eigenvalue weighted by Gasteiger charge is -2.38. The van der Waals surface area contributed by atoms with Crippen LogP contribution < -0.4 is 10.2 Å². The third-order valence-electron chi connectivity index (χ3n) is 6.92. The van der Waals surface area contributed by atoms with Gasteiger partial charge in [0.2, 0.25) is 5.95 Å². The smallest absolute Gasteiger partial charge is 0.245 e. The van der Waals surface area contributed by atoms with Crippen molar-refractivity contribution in [2.45, 2.75) is 40.0 Å². The van der Waals surface area contributed by atoms with E-state index in [0.29, 0.717) is 11.9 Å². The molecule has 188 valence electrons. The third-order valence-corrected chi connectivity index (χ3v) is 6.92. The Labute approximate surface area is 213 Å². The predicted octanol–water partition coefficient (Wildman–Crippen LogP) is 5.14. The summed E-state index contributed by atoms with van der Waals surface area (Å²) in [5.41, 5.74) is 5.80. The SMILES string of the molecule is C=C(C(C)c1ccc(CC(C)C)cc1)N1CCN(c2nc(Nc3cc(C)[nH]n3)c3cccn3n2)CC1. The highest BCUT2D eigenvalue weighted by Crippen LogP contribution is 2.28. The topological polar surface area (TPSA) is 77.4 Å². The van der Waals surface area contributed by atoms with Crippen molar-refractivity contribution < 1.29 is 0 Å². The molecule has 8 heteroatoms. The average molecular weight is 485 g/mol. The predicted molar refractivity (Wildman–Crippen MR) is 146 cm³/mol. The van der Waals surface area contributed by atoms with E-state index in [1.54, 1.807) is 0 Å². The van der Waals surface area contributed by atoms with Gasteiger partial charge < -0.3 is 15.1 Å². The molecule has 4 heterocycles. The third kappa shape index (κ3) is 5.08. The summed E-state index contributed by atoms with van der Waals surface area (Å²) in [5.74, 6) is 3.16. The molecule has 0 spiro atoms. The molecule has 0 bridgehead atoms. The number of H-pyrrole nitrogens is 1. The Bertz CT molecular complexity index is 1330. The molecule has 2 N–H and O–H groups in total. The van der Waals surface area contributed by atoms with E-state index in [1.165, 1.54) is 16.8 Å². The fourth-order valence-electron chi connectivity index (χ4n) is 4.83. The van der Waals surface area contributed by atoms with Crippen LogP contribution in [0.1, 0.15) is 43.5 Å². The van der Waals surface area contributed by atoms with Gasteiger partial charge in [0, 0.05) is 55.8 Å². The zero-order valence-corrected chi connectivity index (χ0v) is 21.7. The molecule has 8 nitrogen and oxygen atoms in total. The maximum absolute atomic E-state index is 4.87. The summed E-state index contributed by atoms with van der Waals surface area (Å²) in [6.07, 6.45) is 3.07. The van der Waals surface area contributed by atoms with Crippen molar-refractivity contribution in [3.05, 3.63) is 77.8 Å². The summed E-state index contributed by atoms with van der Waals surface area (Å²) in [5, 5.41) is 15.4. The maximum atomic E-state index is 4.87. The second-order valence-corrected chi connectivity index (χ2v) is 10.2. The molecule has 1 aliphatic heterocycles.